The van der Waals surface area contributed by atoms with Crippen molar-refractivity contribution in [2.24, 2.45) is 0 Å². The number of hydrogen-bond acceptors (Lipinski definition) is 18. The van der Waals surface area contributed by atoms with E-state index in [4.69, 9.17) is 4.52 Å². The first kappa shape index (κ1) is 69.5. The topological polar surface area (TPSA) is 236 Å². The maximum Gasteiger partial charge on any atom is 0.416 e. The number of carbonyl (C=O) groups excluding carboxylic acids is 2. The molecule has 530 valence electrons. The summed E-state index contributed by atoms with van der Waals surface area (Å²) in [7, 11) is 0. The number of pyridine rings is 1. The molecule has 11 heterocycles. The fraction of sp³-hybridized carbons (Fsp3) is 0.380. The lowest BCUT2D eigenvalue weighted by Crippen LogP contribution is -2.47. The number of hydrogen-bond donors (Lipinski definition) is 0. The van der Waals surface area contributed by atoms with Gasteiger partial charge in [0.1, 0.15) is 53.1 Å². The predicted octanol–water partition coefficient (Wildman–Crippen LogP) is 11.5. The molecule has 2 aliphatic heterocycles. The highest BCUT2D eigenvalue weighted by atomic mass is 19.4. The maximum absolute atomic E-state index is 14.0. The van der Waals surface area contributed by atoms with Gasteiger partial charge in [-0.25, -0.2) is 37.7 Å². The number of piperazine rings is 1. The van der Waals surface area contributed by atoms with E-state index in [1.165, 1.54) is 53.6 Å². The average molecular weight is 1400 g/mol. The van der Waals surface area contributed by atoms with Crippen molar-refractivity contribution in [2.45, 2.75) is 143 Å². The van der Waals surface area contributed by atoms with Gasteiger partial charge in [-0.15, -0.1) is 10.2 Å². The Bertz CT molecular complexity index is 4990. The van der Waals surface area contributed by atoms with E-state index in [1.807, 2.05) is 80.5 Å². The summed E-state index contributed by atoms with van der Waals surface area (Å²) in [5.74, 6) is 0.598. The molecular weight excluding hydrogens is 1330 g/mol. The van der Waals surface area contributed by atoms with Gasteiger partial charge in [-0.05, 0) is 152 Å². The lowest BCUT2D eigenvalue weighted by molar-refractivity contribution is -0.137. The second-order valence-corrected chi connectivity index (χ2v) is 26.2. The molecule has 0 bridgehead atoms. The van der Waals surface area contributed by atoms with Gasteiger partial charge >= 0.3 is 6.18 Å². The second-order valence-electron chi connectivity index (χ2n) is 26.2. The highest BCUT2D eigenvalue weighted by Gasteiger charge is 2.37. The van der Waals surface area contributed by atoms with Crippen LogP contribution in [0.3, 0.4) is 0 Å². The summed E-state index contributed by atoms with van der Waals surface area (Å²) in [6.45, 7) is 16.5. The summed E-state index contributed by atoms with van der Waals surface area (Å²) in [4.78, 5) is 65.1. The molecule has 0 spiro atoms. The van der Waals surface area contributed by atoms with Crippen LogP contribution >= 0.6 is 0 Å². The van der Waals surface area contributed by atoms with Crippen LogP contribution in [0, 0.1) is 53.2 Å². The van der Waals surface area contributed by atoms with E-state index in [1.54, 1.807) is 54.8 Å². The Labute approximate surface area is 580 Å². The summed E-state index contributed by atoms with van der Waals surface area (Å²) < 4.78 is 105. The number of amides is 2. The summed E-state index contributed by atoms with van der Waals surface area (Å²) in [5, 5.41) is 21.3. The van der Waals surface area contributed by atoms with Gasteiger partial charge in [-0.1, -0.05) is 41.6 Å². The number of anilines is 3. The molecule has 0 radical (unpaired) electrons. The number of carbonyl (C=O) groups is 2. The first-order chi connectivity index (χ1) is 48.8. The fourth-order valence-electron chi connectivity index (χ4n) is 12.7. The molecule has 9 aromatic heterocycles. The number of aromatic nitrogens is 16. The minimum Gasteiger partial charge on any atom is -0.368 e. The normalized spacial score (nSPS) is 15.5. The largest absolute Gasteiger partial charge is 0.416 e. The Kier molecular flexibility index (Phi) is 19.7. The summed E-state index contributed by atoms with van der Waals surface area (Å²) in [6.07, 6.45) is 4.46. The van der Waals surface area contributed by atoms with Crippen molar-refractivity contribution >= 4 is 52.1 Å². The Morgan fingerprint density at radius 1 is 0.578 bits per heavy atom. The van der Waals surface area contributed by atoms with Crippen LogP contribution in [0.1, 0.15) is 125 Å². The molecule has 2 saturated heterocycles. The number of rotatable bonds is 15. The van der Waals surface area contributed by atoms with E-state index in [-0.39, 0.29) is 72.4 Å². The third-order valence-electron chi connectivity index (χ3n) is 18.0. The third kappa shape index (κ3) is 16.1. The van der Waals surface area contributed by atoms with E-state index in [0.717, 1.165) is 108 Å². The predicted molar refractivity (Wildman–Crippen MR) is 362 cm³/mol. The van der Waals surface area contributed by atoms with E-state index in [2.05, 4.69) is 71.4 Å². The number of alkyl halides is 5. The first-order valence-electron chi connectivity index (χ1n) is 33.6. The third-order valence-corrected chi connectivity index (χ3v) is 18.0. The van der Waals surface area contributed by atoms with Gasteiger partial charge in [0.2, 0.25) is 11.8 Å². The number of fused-ring (bicyclic) bond motifs is 4. The lowest BCUT2D eigenvalue weighted by atomic mass is 10.1. The minimum absolute atomic E-state index is 0.0119. The molecule has 12 aromatic rings. The Balaban J connectivity index is 0.000000121. The molecular formula is C71H74F7N21O3. The van der Waals surface area contributed by atoms with Crippen molar-refractivity contribution in [1.29, 1.82) is 0 Å². The highest BCUT2D eigenvalue weighted by molar-refractivity contribution is 5.79. The van der Waals surface area contributed by atoms with Crippen LogP contribution in [0.25, 0.3) is 23.0 Å². The molecule has 2 amide bonds. The van der Waals surface area contributed by atoms with E-state index in [0.29, 0.717) is 79.5 Å². The van der Waals surface area contributed by atoms with Gasteiger partial charge in [0, 0.05) is 111 Å². The van der Waals surface area contributed by atoms with Gasteiger partial charge in [0.15, 0.2) is 17.3 Å². The number of aryl methyl sites for hydroxylation is 6. The zero-order valence-electron chi connectivity index (χ0n) is 57.1. The second kappa shape index (κ2) is 28.9. The Morgan fingerprint density at radius 2 is 1.19 bits per heavy atom. The van der Waals surface area contributed by atoms with E-state index < -0.39 is 17.7 Å². The van der Waals surface area contributed by atoms with Crippen LogP contribution in [0.2, 0.25) is 0 Å². The first-order valence-corrected chi connectivity index (χ1v) is 33.6. The monoisotopic (exact) mass is 1400 g/mol. The summed E-state index contributed by atoms with van der Waals surface area (Å²) in [6, 6.07) is 29.9. The standard InChI is InChI=1S/2C19H20FN5O.C18H18F3N5.C15H16F2N6O/c1-12-9-13(2)25-19(21-12)22-17(23-25)10-18(26)24(16-7-8-16)11-14-3-5-15(20)6-4-14;1-12-9-13(2)25-19(21-12)22-17(23-25)10-18(26)24(15-7-8-15)11-14-5-3-4-6-16(14)20;1-13-9-16-22-12-23-26(16)17(10-13)25-7-5-24(6-8-25)15-4-2-3-14(11-15)18(19,20)21;1-9-6-10(21-24-9)11-4-3-5-22(11)13-7-12(15(2,16)17)20-14-18-8-19-23(13)14/h3-6,9,16H,7-8,10-11H2,1-2H3;3-6,9,15H,7-8,10-11H2,1-2H3;2-4,9-12H,5-8H2,1H3;6-8,11H,3-5H2,1-2H3. The molecule has 2 saturated carbocycles. The van der Waals surface area contributed by atoms with Crippen LogP contribution in [-0.2, 0) is 47.6 Å². The molecule has 1 atom stereocenters. The molecule has 24 nitrogen and oxygen atoms in total. The number of halogens is 7. The molecule has 0 N–H and O–H groups in total. The minimum atomic E-state index is -4.32. The van der Waals surface area contributed by atoms with Gasteiger partial charge < -0.3 is 29.0 Å². The van der Waals surface area contributed by atoms with Crippen molar-refractivity contribution in [3.8, 4) is 0 Å². The molecule has 2 aliphatic carbocycles. The van der Waals surface area contributed by atoms with Crippen molar-refractivity contribution in [3.05, 3.63) is 207 Å². The van der Waals surface area contributed by atoms with E-state index in [9.17, 15) is 40.3 Å². The summed E-state index contributed by atoms with van der Waals surface area (Å²) >= 11 is 0. The maximum atomic E-state index is 14.0. The molecule has 3 aromatic carbocycles. The number of benzene rings is 3. The average Bonchev–Trinajstić information content (AvgIpc) is 1.56. The van der Waals surface area contributed by atoms with Crippen LogP contribution in [0.4, 0.5) is 48.1 Å². The van der Waals surface area contributed by atoms with Crippen LogP contribution in [0.5, 0.6) is 0 Å². The highest BCUT2D eigenvalue weighted by Crippen LogP contribution is 2.39. The van der Waals surface area contributed by atoms with Crippen LogP contribution in [-0.4, -0.2) is 145 Å². The van der Waals surface area contributed by atoms with E-state index >= 15 is 0 Å². The van der Waals surface area contributed by atoms with Gasteiger partial charge in [0.05, 0.1) is 24.4 Å². The molecule has 4 fully saturated rings. The Morgan fingerprint density at radius 3 is 1.78 bits per heavy atom. The quantitative estimate of drug-likeness (QED) is 0.0867. The lowest BCUT2D eigenvalue weighted by Gasteiger charge is -2.37. The van der Waals surface area contributed by atoms with Crippen LogP contribution < -0.4 is 14.7 Å². The van der Waals surface area contributed by atoms with Crippen LogP contribution in [0.15, 0.2) is 126 Å². The van der Waals surface area contributed by atoms with Gasteiger partial charge in [0.25, 0.3) is 23.3 Å². The molecule has 1 unspecified atom stereocenters. The molecule has 102 heavy (non-hydrogen) atoms. The smallest absolute Gasteiger partial charge is 0.368 e. The molecule has 31 heteroatoms. The SMILES string of the molecule is Cc1cc(C)n2nc(CC(=O)N(Cc3ccc(F)cc3)C3CC3)nc2n1.Cc1cc(C)n2nc(CC(=O)N(Cc3ccccc3F)C3CC3)nc2n1.Cc1cc(C2CCCN2c2cc(C(C)(F)F)nc3ncnn23)no1.Cc1cc(N2CCN(c3cccc(C(F)(F)F)c3)CC2)n2ncnc2c1. The van der Waals surface area contributed by atoms with Crippen molar-refractivity contribution in [3.63, 3.8) is 0 Å². The molecule has 16 rings (SSSR count). The van der Waals surface area contributed by atoms with Gasteiger partial charge in [-0.3, -0.25) is 9.59 Å². The zero-order valence-corrected chi connectivity index (χ0v) is 57.1. The fourth-order valence-corrected chi connectivity index (χ4v) is 12.7. The zero-order chi connectivity index (χ0) is 71.7. The Hall–Kier alpha value is -11.0. The summed E-state index contributed by atoms with van der Waals surface area (Å²) in [5.41, 5.74) is 7.39. The number of nitrogens with zero attached hydrogens (tertiary/aromatic N) is 21. The molecule has 4 aliphatic rings. The van der Waals surface area contributed by atoms with Crippen molar-refractivity contribution in [1.82, 2.24) is 88.3 Å². The van der Waals surface area contributed by atoms with Crippen molar-refractivity contribution in [2.75, 3.05) is 47.4 Å². The van der Waals surface area contributed by atoms with Crippen molar-refractivity contribution < 1.29 is 44.8 Å². The van der Waals surface area contributed by atoms with Gasteiger partial charge in [-0.2, -0.15) is 56.1 Å².